The molecule has 20 heavy (non-hydrogen) atoms. The Balaban J connectivity index is 1.78. The van der Waals surface area contributed by atoms with Crippen molar-refractivity contribution in [3.05, 3.63) is 52.3 Å². The van der Waals surface area contributed by atoms with Gasteiger partial charge >= 0.3 is 0 Å². The monoisotopic (exact) mass is 337 g/mol. The van der Waals surface area contributed by atoms with Crippen molar-refractivity contribution in [3.63, 3.8) is 0 Å². The standard InChI is InChI=1S/C15H13BrFNO2/c16-11-7-10(8-14-15(11)20-6-5-19-14)9-18-13-4-2-1-3-12(13)17/h1-4,7-8,18H,5-6,9H2. The van der Waals surface area contributed by atoms with Crippen molar-refractivity contribution in [2.45, 2.75) is 6.54 Å². The van der Waals surface area contributed by atoms with E-state index in [2.05, 4.69) is 21.2 Å². The Labute approximate surface area is 124 Å². The molecular weight excluding hydrogens is 325 g/mol. The number of hydrogen-bond donors (Lipinski definition) is 1. The summed E-state index contributed by atoms with van der Waals surface area (Å²) in [5.41, 5.74) is 1.47. The van der Waals surface area contributed by atoms with Crippen molar-refractivity contribution in [3.8, 4) is 11.5 Å². The average Bonchev–Trinajstić information content (AvgIpc) is 2.46. The number of ether oxygens (including phenoxy) is 2. The molecule has 104 valence electrons. The Bertz CT molecular complexity index is 633. The Hall–Kier alpha value is -1.75. The van der Waals surface area contributed by atoms with Gasteiger partial charge in [0.25, 0.3) is 0 Å². The van der Waals surface area contributed by atoms with E-state index in [0.29, 0.717) is 25.4 Å². The molecule has 0 bridgehead atoms. The number of rotatable bonds is 3. The molecule has 0 aliphatic carbocycles. The van der Waals surface area contributed by atoms with Crippen LogP contribution in [-0.4, -0.2) is 13.2 Å². The summed E-state index contributed by atoms with van der Waals surface area (Å²) in [6.07, 6.45) is 0. The van der Waals surface area contributed by atoms with Gasteiger partial charge in [-0.15, -0.1) is 0 Å². The van der Waals surface area contributed by atoms with Crippen molar-refractivity contribution in [2.75, 3.05) is 18.5 Å². The van der Waals surface area contributed by atoms with E-state index in [0.717, 1.165) is 21.5 Å². The molecule has 1 heterocycles. The Morgan fingerprint density at radius 1 is 1.15 bits per heavy atom. The number of nitrogens with one attached hydrogen (secondary N) is 1. The maximum atomic E-state index is 13.5. The van der Waals surface area contributed by atoms with Crippen molar-refractivity contribution in [1.29, 1.82) is 0 Å². The Kier molecular flexibility index (Phi) is 3.78. The molecule has 3 rings (SSSR count). The van der Waals surface area contributed by atoms with Crippen LogP contribution < -0.4 is 14.8 Å². The van der Waals surface area contributed by atoms with Gasteiger partial charge in [-0.2, -0.15) is 0 Å². The SMILES string of the molecule is Fc1ccccc1NCc1cc(Br)c2c(c1)OCCO2. The number of fused-ring (bicyclic) bond motifs is 1. The molecule has 0 radical (unpaired) electrons. The highest BCUT2D eigenvalue weighted by Crippen LogP contribution is 2.38. The van der Waals surface area contributed by atoms with Crippen LogP contribution in [0, 0.1) is 5.82 Å². The van der Waals surface area contributed by atoms with Crippen molar-refractivity contribution in [2.24, 2.45) is 0 Å². The van der Waals surface area contributed by atoms with Crippen molar-refractivity contribution < 1.29 is 13.9 Å². The van der Waals surface area contributed by atoms with E-state index >= 15 is 0 Å². The molecule has 1 aliphatic heterocycles. The van der Waals surface area contributed by atoms with Crippen LogP contribution in [0.1, 0.15) is 5.56 Å². The van der Waals surface area contributed by atoms with E-state index in [1.54, 1.807) is 18.2 Å². The molecule has 5 heteroatoms. The zero-order valence-electron chi connectivity index (χ0n) is 10.7. The molecule has 2 aromatic rings. The lowest BCUT2D eigenvalue weighted by Gasteiger charge is -2.20. The summed E-state index contributed by atoms with van der Waals surface area (Å²) >= 11 is 3.47. The van der Waals surface area contributed by atoms with Gasteiger partial charge in [-0.25, -0.2) is 4.39 Å². The maximum Gasteiger partial charge on any atom is 0.175 e. The second-order valence-electron chi connectivity index (χ2n) is 4.44. The fraction of sp³-hybridized carbons (Fsp3) is 0.200. The molecule has 0 unspecified atom stereocenters. The van der Waals surface area contributed by atoms with E-state index < -0.39 is 0 Å². The van der Waals surface area contributed by atoms with E-state index in [1.165, 1.54) is 6.07 Å². The first-order valence-corrected chi connectivity index (χ1v) is 7.10. The van der Waals surface area contributed by atoms with Gasteiger partial charge < -0.3 is 14.8 Å². The van der Waals surface area contributed by atoms with Gasteiger partial charge in [0.15, 0.2) is 11.5 Å². The number of para-hydroxylation sites is 1. The third-order valence-electron chi connectivity index (χ3n) is 3.01. The van der Waals surface area contributed by atoms with Crippen LogP contribution in [0.25, 0.3) is 0 Å². The third-order valence-corrected chi connectivity index (χ3v) is 3.60. The quantitative estimate of drug-likeness (QED) is 0.919. The second-order valence-corrected chi connectivity index (χ2v) is 5.29. The van der Waals surface area contributed by atoms with Gasteiger partial charge in [-0.05, 0) is 45.8 Å². The highest BCUT2D eigenvalue weighted by molar-refractivity contribution is 9.10. The predicted octanol–water partition coefficient (Wildman–Crippen LogP) is 3.97. The van der Waals surface area contributed by atoms with E-state index in [-0.39, 0.29) is 5.82 Å². The molecule has 1 aliphatic rings. The summed E-state index contributed by atoms with van der Waals surface area (Å²) in [5, 5.41) is 3.07. The highest BCUT2D eigenvalue weighted by atomic mass is 79.9. The minimum absolute atomic E-state index is 0.260. The predicted molar refractivity (Wildman–Crippen MR) is 78.9 cm³/mol. The van der Waals surface area contributed by atoms with E-state index in [9.17, 15) is 4.39 Å². The summed E-state index contributed by atoms with van der Waals surface area (Å²) in [5.74, 6) is 1.19. The average molecular weight is 338 g/mol. The normalized spacial score (nSPS) is 13.1. The van der Waals surface area contributed by atoms with Crippen molar-refractivity contribution in [1.82, 2.24) is 0 Å². The summed E-state index contributed by atoms with van der Waals surface area (Å²) in [6.45, 7) is 1.61. The van der Waals surface area contributed by atoms with E-state index in [1.807, 2.05) is 12.1 Å². The smallest absolute Gasteiger partial charge is 0.175 e. The fourth-order valence-corrected chi connectivity index (χ4v) is 2.67. The minimum Gasteiger partial charge on any atom is -0.486 e. The maximum absolute atomic E-state index is 13.5. The summed E-state index contributed by atoms with van der Waals surface area (Å²) in [7, 11) is 0. The Morgan fingerprint density at radius 2 is 1.95 bits per heavy atom. The van der Waals surface area contributed by atoms with Crippen LogP contribution in [0.15, 0.2) is 40.9 Å². The molecule has 0 atom stereocenters. The van der Waals surface area contributed by atoms with Crippen molar-refractivity contribution >= 4 is 21.6 Å². The van der Waals surface area contributed by atoms with E-state index in [4.69, 9.17) is 9.47 Å². The lowest BCUT2D eigenvalue weighted by Crippen LogP contribution is -2.16. The van der Waals surface area contributed by atoms with Crippen LogP contribution in [0.2, 0.25) is 0 Å². The van der Waals surface area contributed by atoms with Crippen LogP contribution >= 0.6 is 15.9 Å². The molecule has 0 aromatic heterocycles. The number of halogens is 2. The topological polar surface area (TPSA) is 30.5 Å². The highest BCUT2D eigenvalue weighted by Gasteiger charge is 2.16. The first-order chi connectivity index (χ1) is 9.74. The first-order valence-electron chi connectivity index (χ1n) is 6.30. The van der Waals surface area contributed by atoms with Gasteiger partial charge in [0.05, 0.1) is 10.2 Å². The van der Waals surface area contributed by atoms with Gasteiger partial charge in [0.1, 0.15) is 19.0 Å². The molecule has 0 saturated carbocycles. The van der Waals surface area contributed by atoms with Crippen LogP contribution in [0.4, 0.5) is 10.1 Å². The van der Waals surface area contributed by atoms with Gasteiger partial charge in [0, 0.05) is 6.54 Å². The zero-order valence-corrected chi connectivity index (χ0v) is 12.2. The first kappa shape index (κ1) is 13.2. The van der Waals surface area contributed by atoms with Gasteiger partial charge in [-0.3, -0.25) is 0 Å². The second kappa shape index (κ2) is 5.71. The summed E-state index contributed by atoms with van der Waals surface area (Å²) in [4.78, 5) is 0. The van der Waals surface area contributed by atoms with Crippen LogP contribution in [0.3, 0.4) is 0 Å². The largest absolute Gasteiger partial charge is 0.486 e. The molecule has 0 fully saturated rings. The zero-order chi connectivity index (χ0) is 13.9. The molecule has 0 spiro atoms. The number of anilines is 1. The molecule has 2 aromatic carbocycles. The number of hydrogen-bond acceptors (Lipinski definition) is 3. The number of benzene rings is 2. The van der Waals surface area contributed by atoms with Crippen LogP contribution in [-0.2, 0) is 6.54 Å². The molecule has 1 N–H and O–H groups in total. The minimum atomic E-state index is -0.260. The van der Waals surface area contributed by atoms with Gasteiger partial charge in [0.2, 0.25) is 0 Å². The lowest BCUT2D eigenvalue weighted by atomic mass is 10.2. The third kappa shape index (κ3) is 2.72. The summed E-state index contributed by atoms with van der Waals surface area (Å²) < 4.78 is 25.5. The molecular formula is C15H13BrFNO2. The van der Waals surface area contributed by atoms with Crippen LogP contribution in [0.5, 0.6) is 11.5 Å². The lowest BCUT2D eigenvalue weighted by molar-refractivity contribution is 0.170. The molecule has 3 nitrogen and oxygen atoms in total. The fourth-order valence-electron chi connectivity index (χ4n) is 2.07. The molecule has 0 amide bonds. The Morgan fingerprint density at radius 3 is 2.80 bits per heavy atom. The summed E-state index contributed by atoms with van der Waals surface area (Å²) in [6, 6.07) is 10.5. The van der Waals surface area contributed by atoms with Gasteiger partial charge in [-0.1, -0.05) is 12.1 Å². The molecule has 0 saturated heterocycles.